The maximum Gasteiger partial charge on any atom is 0.137 e. The maximum absolute atomic E-state index is 4.99. The second-order valence-electron chi connectivity index (χ2n) is 4.30. The van der Waals surface area contributed by atoms with E-state index in [2.05, 4.69) is 34.4 Å². The molecule has 0 aliphatic rings. The summed E-state index contributed by atoms with van der Waals surface area (Å²) in [6.07, 6.45) is 5.97. The van der Waals surface area contributed by atoms with Crippen molar-refractivity contribution in [2.24, 2.45) is 0 Å². The number of aromatic nitrogens is 2. The van der Waals surface area contributed by atoms with E-state index < -0.39 is 0 Å². The number of nitrogens with one attached hydrogen (secondary N) is 2. The minimum atomic E-state index is 0.740. The molecule has 96 valence electrons. The third-order valence-corrected chi connectivity index (χ3v) is 2.77. The van der Waals surface area contributed by atoms with Crippen LogP contribution in [0.2, 0.25) is 0 Å². The molecular weight excluding hydrogens is 226 g/mol. The van der Waals surface area contributed by atoms with Crippen LogP contribution in [0.25, 0.3) is 17.1 Å². The SMILES string of the molecule is COCCNCC(C)=Cc1c[nH]c2ncccc12. The average molecular weight is 245 g/mol. The zero-order valence-electron chi connectivity index (χ0n) is 10.9. The summed E-state index contributed by atoms with van der Waals surface area (Å²) < 4.78 is 4.99. The van der Waals surface area contributed by atoms with Gasteiger partial charge in [0.1, 0.15) is 5.65 Å². The van der Waals surface area contributed by atoms with Gasteiger partial charge in [-0.3, -0.25) is 0 Å². The monoisotopic (exact) mass is 245 g/mol. The van der Waals surface area contributed by atoms with Crippen molar-refractivity contribution >= 4 is 17.1 Å². The van der Waals surface area contributed by atoms with Crippen molar-refractivity contribution in [3.05, 3.63) is 35.7 Å². The number of fused-ring (bicyclic) bond motifs is 1. The number of aromatic amines is 1. The van der Waals surface area contributed by atoms with E-state index in [1.54, 1.807) is 13.3 Å². The lowest BCUT2D eigenvalue weighted by Gasteiger charge is -2.04. The molecule has 0 radical (unpaired) electrons. The second kappa shape index (κ2) is 6.33. The molecule has 4 nitrogen and oxygen atoms in total. The predicted molar refractivity (Wildman–Crippen MR) is 74.5 cm³/mol. The van der Waals surface area contributed by atoms with E-state index in [1.165, 1.54) is 11.1 Å². The highest BCUT2D eigenvalue weighted by Gasteiger charge is 2.01. The van der Waals surface area contributed by atoms with Gasteiger partial charge < -0.3 is 15.0 Å². The molecule has 0 spiro atoms. The van der Waals surface area contributed by atoms with Gasteiger partial charge in [-0.1, -0.05) is 11.6 Å². The number of pyridine rings is 1. The standard InChI is InChI=1S/C14H19N3O/c1-11(9-15-6-7-18-2)8-12-10-17-14-13(12)4-3-5-16-14/h3-5,8,10,15H,6-7,9H2,1-2H3,(H,16,17). The van der Waals surface area contributed by atoms with Crippen LogP contribution in [0.15, 0.2) is 30.1 Å². The van der Waals surface area contributed by atoms with Crippen molar-refractivity contribution in [2.75, 3.05) is 26.8 Å². The zero-order valence-corrected chi connectivity index (χ0v) is 10.9. The molecule has 0 atom stereocenters. The van der Waals surface area contributed by atoms with Gasteiger partial charge in [0, 0.05) is 43.5 Å². The number of hydrogen-bond donors (Lipinski definition) is 2. The van der Waals surface area contributed by atoms with Gasteiger partial charge in [0.25, 0.3) is 0 Å². The van der Waals surface area contributed by atoms with Crippen LogP contribution in [0.1, 0.15) is 12.5 Å². The van der Waals surface area contributed by atoms with Gasteiger partial charge in [-0.2, -0.15) is 0 Å². The molecule has 2 rings (SSSR count). The number of methoxy groups -OCH3 is 1. The van der Waals surface area contributed by atoms with Gasteiger partial charge in [-0.05, 0) is 19.1 Å². The van der Waals surface area contributed by atoms with Crippen LogP contribution in [-0.4, -0.2) is 36.8 Å². The van der Waals surface area contributed by atoms with Gasteiger partial charge >= 0.3 is 0 Å². The average Bonchev–Trinajstić information content (AvgIpc) is 2.78. The Morgan fingerprint density at radius 3 is 3.28 bits per heavy atom. The summed E-state index contributed by atoms with van der Waals surface area (Å²) in [6, 6.07) is 4.04. The quantitative estimate of drug-likeness (QED) is 0.767. The van der Waals surface area contributed by atoms with Crippen molar-refractivity contribution in [1.82, 2.24) is 15.3 Å². The molecule has 2 aromatic rings. The predicted octanol–water partition coefficient (Wildman–Crippen LogP) is 2.20. The van der Waals surface area contributed by atoms with Gasteiger partial charge in [0.2, 0.25) is 0 Å². The van der Waals surface area contributed by atoms with Crippen LogP contribution in [0, 0.1) is 0 Å². The topological polar surface area (TPSA) is 49.9 Å². The number of rotatable bonds is 6. The summed E-state index contributed by atoms with van der Waals surface area (Å²) in [7, 11) is 1.71. The smallest absolute Gasteiger partial charge is 0.137 e. The number of ether oxygens (including phenoxy) is 1. The third-order valence-electron chi connectivity index (χ3n) is 2.77. The summed E-state index contributed by atoms with van der Waals surface area (Å²) in [4.78, 5) is 7.45. The van der Waals surface area contributed by atoms with Crippen molar-refractivity contribution in [2.45, 2.75) is 6.92 Å². The minimum Gasteiger partial charge on any atom is -0.383 e. The van der Waals surface area contributed by atoms with Gasteiger partial charge in [-0.25, -0.2) is 4.98 Å². The molecule has 0 amide bonds. The first kappa shape index (κ1) is 12.8. The van der Waals surface area contributed by atoms with Crippen LogP contribution >= 0.6 is 0 Å². The Morgan fingerprint density at radius 2 is 2.44 bits per heavy atom. The molecule has 0 saturated heterocycles. The zero-order chi connectivity index (χ0) is 12.8. The number of hydrogen-bond acceptors (Lipinski definition) is 3. The van der Waals surface area contributed by atoms with Gasteiger partial charge in [0.15, 0.2) is 0 Å². The summed E-state index contributed by atoms with van der Waals surface area (Å²) in [5, 5.41) is 4.49. The normalized spacial score (nSPS) is 12.2. The Balaban J connectivity index is 2.03. The van der Waals surface area contributed by atoms with Crippen LogP contribution in [0.5, 0.6) is 0 Å². The first-order valence-corrected chi connectivity index (χ1v) is 6.10. The molecule has 0 aromatic carbocycles. The van der Waals surface area contributed by atoms with E-state index in [4.69, 9.17) is 4.74 Å². The molecule has 2 N–H and O–H groups in total. The molecule has 0 saturated carbocycles. The molecule has 4 heteroatoms. The van der Waals surface area contributed by atoms with E-state index in [-0.39, 0.29) is 0 Å². The highest BCUT2D eigenvalue weighted by molar-refractivity contribution is 5.86. The summed E-state index contributed by atoms with van der Waals surface area (Å²) in [5.74, 6) is 0. The lowest BCUT2D eigenvalue weighted by Crippen LogP contribution is -2.20. The first-order chi connectivity index (χ1) is 8.81. The lowest BCUT2D eigenvalue weighted by molar-refractivity contribution is 0.200. The Hall–Kier alpha value is -1.65. The van der Waals surface area contributed by atoms with Crippen molar-refractivity contribution in [1.29, 1.82) is 0 Å². The summed E-state index contributed by atoms with van der Waals surface area (Å²) in [5.41, 5.74) is 3.41. The Kier molecular flexibility index (Phi) is 4.50. The Labute approximate surface area is 107 Å². The van der Waals surface area contributed by atoms with Crippen LogP contribution < -0.4 is 5.32 Å². The van der Waals surface area contributed by atoms with E-state index >= 15 is 0 Å². The first-order valence-electron chi connectivity index (χ1n) is 6.10. The van der Waals surface area contributed by atoms with Crippen LogP contribution in [-0.2, 0) is 4.74 Å². The molecule has 2 heterocycles. The third kappa shape index (κ3) is 3.18. The highest BCUT2D eigenvalue weighted by atomic mass is 16.5. The fraction of sp³-hybridized carbons (Fsp3) is 0.357. The lowest BCUT2D eigenvalue weighted by atomic mass is 10.1. The van der Waals surface area contributed by atoms with Crippen LogP contribution in [0.4, 0.5) is 0 Å². The molecule has 0 fully saturated rings. The minimum absolute atomic E-state index is 0.740. The fourth-order valence-corrected chi connectivity index (χ4v) is 1.87. The molecule has 18 heavy (non-hydrogen) atoms. The van der Waals surface area contributed by atoms with E-state index in [0.29, 0.717) is 0 Å². The second-order valence-corrected chi connectivity index (χ2v) is 4.30. The maximum atomic E-state index is 4.99. The highest BCUT2D eigenvalue weighted by Crippen LogP contribution is 2.18. The van der Waals surface area contributed by atoms with Crippen molar-refractivity contribution < 1.29 is 4.74 Å². The van der Waals surface area contributed by atoms with Crippen molar-refractivity contribution in [3.8, 4) is 0 Å². The van der Waals surface area contributed by atoms with Gasteiger partial charge in [0.05, 0.1) is 6.61 Å². The van der Waals surface area contributed by atoms with E-state index in [1.807, 2.05) is 12.3 Å². The van der Waals surface area contributed by atoms with E-state index in [0.717, 1.165) is 30.7 Å². The van der Waals surface area contributed by atoms with Crippen molar-refractivity contribution in [3.63, 3.8) is 0 Å². The number of H-pyrrole nitrogens is 1. The fourth-order valence-electron chi connectivity index (χ4n) is 1.87. The molecule has 0 aliphatic carbocycles. The molecule has 0 bridgehead atoms. The molecule has 0 aliphatic heterocycles. The Bertz CT molecular complexity index is 531. The van der Waals surface area contributed by atoms with E-state index in [9.17, 15) is 0 Å². The molecule has 0 unspecified atom stereocenters. The molecule has 2 aromatic heterocycles. The summed E-state index contributed by atoms with van der Waals surface area (Å²) >= 11 is 0. The van der Waals surface area contributed by atoms with Crippen LogP contribution in [0.3, 0.4) is 0 Å². The Morgan fingerprint density at radius 1 is 1.56 bits per heavy atom. The van der Waals surface area contributed by atoms with Gasteiger partial charge in [-0.15, -0.1) is 0 Å². The largest absolute Gasteiger partial charge is 0.383 e. The number of nitrogens with zero attached hydrogens (tertiary/aromatic N) is 1. The molecular formula is C14H19N3O. The summed E-state index contributed by atoms with van der Waals surface area (Å²) in [6.45, 7) is 4.60.